The molecule has 2 heteroatoms. The fourth-order valence-corrected chi connectivity index (χ4v) is 3.64. The van der Waals surface area contributed by atoms with Crippen LogP contribution in [-0.4, -0.2) is 12.6 Å². The molecule has 0 heterocycles. The molecule has 0 amide bonds. The second kappa shape index (κ2) is 7.43. The lowest BCUT2D eigenvalue weighted by Crippen LogP contribution is -2.48. The lowest BCUT2D eigenvalue weighted by Gasteiger charge is -2.41. The number of hydrogen-bond donors (Lipinski definition) is 2. The van der Waals surface area contributed by atoms with Crippen molar-refractivity contribution in [3.8, 4) is 0 Å². The number of rotatable bonds is 6. The van der Waals surface area contributed by atoms with Gasteiger partial charge in [0.05, 0.1) is 5.41 Å². The molecule has 0 bridgehead atoms. The number of benzene rings is 3. The van der Waals surface area contributed by atoms with Gasteiger partial charge in [0.1, 0.15) is 0 Å². The zero-order valence-electron chi connectivity index (χ0n) is 13.8. The largest absolute Gasteiger partial charge is 0.330 e. The first-order chi connectivity index (χ1) is 11.8. The number of hydrogen-bond acceptors (Lipinski definition) is 2. The van der Waals surface area contributed by atoms with Crippen molar-refractivity contribution in [3.05, 3.63) is 108 Å². The van der Waals surface area contributed by atoms with E-state index in [-0.39, 0.29) is 6.04 Å². The van der Waals surface area contributed by atoms with Crippen molar-refractivity contribution in [3.63, 3.8) is 0 Å². The first-order valence-corrected chi connectivity index (χ1v) is 8.42. The summed E-state index contributed by atoms with van der Waals surface area (Å²) >= 11 is 0. The van der Waals surface area contributed by atoms with E-state index in [2.05, 4.69) is 72.8 Å². The van der Waals surface area contributed by atoms with Crippen molar-refractivity contribution in [1.82, 2.24) is 0 Å². The topological polar surface area (TPSA) is 52.0 Å². The minimum Gasteiger partial charge on any atom is -0.330 e. The Morgan fingerprint density at radius 1 is 0.625 bits per heavy atom. The van der Waals surface area contributed by atoms with E-state index < -0.39 is 5.41 Å². The smallest absolute Gasteiger partial charge is 0.0602 e. The van der Waals surface area contributed by atoms with Gasteiger partial charge in [-0.3, -0.25) is 0 Å². The van der Waals surface area contributed by atoms with Crippen LogP contribution in [0.3, 0.4) is 0 Å². The van der Waals surface area contributed by atoms with E-state index in [1.807, 2.05) is 18.2 Å². The third kappa shape index (κ3) is 2.86. The van der Waals surface area contributed by atoms with E-state index in [1.165, 1.54) is 16.7 Å². The van der Waals surface area contributed by atoms with Crippen LogP contribution in [0, 0.1) is 0 Å². The summed E-state index contributed by atoms with van der Waals surface area (Å²) in [7, 11) is 0. The van der Waals surface area contributed by atoms with Gasteiger partial charge in [0.2, 0.25) is 0 Å². The van der Waals surface area contributed by atoms with Gasteiger partial charge in [-0.25, -0.2) is 0 Å². The van der Waals surface area contributed by atoms with Crippen molar-refractivity contribution < 1.29 is 0 Å². The molecule has 122 valence electrons. The third-order valence-corrected chi connectivity index (χ3v) is 4.72. The zero-order valence-corrected chi connectivity index (χ0v) is 13.8. The fraction of sp³-hybridized carbons (Fsp3) is 0.182. The van der Waals surface area contributed by atoms with Gasteiger partial charge in [-0.05, 0) is 29.7 Å². The summed E-state index contributed by atoms with van der Waals surface area (Å²) in [5.74, 6) is 0. The molecule has 0 fully saturated rings. The summed E-state index contributed by atoms with van der Waals surface area (Å²) in [6.07, 6.45) is 0.749. The highest BCUT2D eigenvalue weighted by atomic mass is 14.7. The van der Waals surface area contributed by atoms with Crippen LogP contribution in [0.1, 0.15) is 23.1 Å². The van der Waals surface area contributed by atoms with Gasteiger partial charge in [-0.15, -0.1) is 0 Å². The molecule has 1 unspecified atom stereocenters. The molecule has 0 aromatic heterocycles. The summed E-state index contributed by atoms with van der Waals surface area (Å²) < 4.78 is 0. The maximum Gasteiger partial charge on any atom is 0.0602 e. The highest BCUT2D eigenvalue weighted by Gasteiger charge is 2.41. The minimum absolute atomic E-state index is 0.116. The van der Waals surface area contributed by atoms with E-state index in [0.29, 0.717) is 6.54 Å². The first-order valence-electron chi connectivity index (χ1n) is 8.42. The summed E-state index contributed by atoms with van der Waals surface area (Å²) in [5.41, 5.74) is 15.8. The van der Waals surface area contributed by atoms with E-state index in [0.717, 1.165) is 6.42 Å². The highest BCUT2D eigenvalue weighted by molar-refractivity contribution is 5.52. The maximum absolute atomic E-state index is 6.78. The predicted molar refractivity (Wildman–Crippen MR) is 101 cm³/mol. The second-order valence-corrected chi connectivity index (χ2v) is 6.09. The normalized spacial score (nSPS) is 12.8. The van der Waals surface area contributed by atoms with Crippen LogP contribution >= 0.6 is 0 Å². The monoisotopic (exact) mass is 316 g/mol. The number of nitrogens with two attached hydrogens (primary N) is 2. The van der Waals surface area contributed by atoms with E-state index in [9.17, 15) is 0 Å². The quantitative estimate of drug-likeness (QED) is 0.681. The van der Waals surface area contributed by atoms with Crippen molar-refractivity contribution >= 4 is 0 Å². The molecule has 1 atom stereocenters. The van der Waals surface area contributed by atoms with E-state index >= 15 is 0 Å². The summed E-state index contributed by atoms with van der Waals surface area (Å²) in [6, 6.07) is 31.4. The minimum atomic E-state index is -0.414. The predicted octanol–water partition coefficient (Wildman–Crippen LogP) is 3.70. The van der Waals surface area contributed by atoms with Crippen molar-refractivity contribution in [2.45, 2.75) is 17.9 Å². The van der Waals surface area contributed by atoms with Gasteiger partial charge in [0, 0.05) is 6.04 Å². The van der Waals surface area contributed by atoms with Gasteiger partial charge >= 0.3 is 0 Å². The zero-order chi connectivity index (χ0) is 16.8. The second-order valence-electron chi connectivity index (χ2n) is 6.09. The molecule has 2 nitrogen and oxygen atoms in total. The van der Waals surface area contributed by atoms with Crippen LogP contribution in [-0.2, 0) is 5.41 Å². The van der Waals surface area contributed by atoms with Gasteiger partial charge in [-0.1, -0.05) is 91.0 Å². The Morgan fingerprint density at radius 2 is 0.958 bits per heavy atom. The van der Waals surface area contributed by atoms with Crippen LogP contribution < -0.4 is 11.5 Å². The van der Waals surface area contributed by atoms with E-state index in [1.54, 1.807) is 0 Å². The van der Waals surface area contributed by atoms with E-state index in [4.69, 9.17) is 11.5 Å². The fourth-order valence-electron chi connectivity index (χ4n) is 3.64. The van der Waals surface area contributed by atoms with Crippen LogP contribution in [0.2, 0.25) is 0 Å². The van der Waals surface area contributed by atoms with Crippen LogP contribution in [0.25, 0.3) is 0 Å². The molecule has 0 spiro atoms. The molecule has 24 heavy (non-hydrogen) atoms. The van der Waals surface area contributed by atoms with Gasteiger partial charge in [0.25, 0.3) is 0 Å². The molecule has 0 saturated carbocycles. The Bertz CT molecular complexity index is 642. The molecule has 0 radical (unpaired) electrons. The lowest BCUT2D eigenvalue weighted by molar-refractivity contribution is 0.452. The highest BCUT2D eigenvalue weighted by Crippen LogP contribution is 2.42. The van der Waals surface area contributed by atoms with Crippen molar-refractivity contribution in [1.29, 1.82) is 0 Å². The molecule has 3 rings (SSSR count). The SMILES string of the molecule is NCCC(N)C(c1ccccc1)(c1ccccc1)c1ccccc1. The summed E-state index contributed by atoms with van der Waals surface area (Å²) in [5, 5.41) is 0. The van der Waals surface area contributed by atoms with Crippen molar-refractivity contribution in [2.75, 3.05) is 6.54 Å². The molecular formula is C22H24N2. The molecule has 0 aliphatic heterocycles. The van der Waals surface area contributed by atoms with Gasteiger partial charge < -0.3 is 11.5 Å². The Morgan fingerprint density at radius 3 is 1.25 bits per heavy atom. The molecule has 4 N–H and O–H groups in total. The lowest BCUT2D eigenvalue weighted by atomic mass is 9.64. The average molecular weight is 316 g/mol. The molecule has 0 saturated heterocycles. The molecule has 0 aliphatic rings. The third-order valence-electron chi connectivity index (χ3n) is 4.72. The molecule has 0 aliphatic carbocycles. The Kier molecular flexibility index (Phi) is 5.09. The summed E-state index contributed by atoms with van der Waals surface area (Å²) in [4.78, 5) is 0. The summed E-state index contributed by atoms with van der Waals surface area (Å²) in [6.45, 7) is 0.565. The van der Waals surface area contributed by atoms with Crippen LogP contribution in [0.15, 0.2) is 91.0 Å². The van der Waals surface area contributed by atoms with Gasteiger partial charge in [0.15, 0.2) is 0 Å². The molecule has 3 aromatic rings. The molecular weight excluding hydrogens is 292 g/mol. The van der Waals surface area contributed by atoms with Crippen LogP contribution in [0.5, 0.6) is 0 Å². The Balaban J connectivity index is 2.33. The Labute approximate surface area is 144 Å². The van der Waals surface area contributed by atoms with Crippen molar-refractivity contribution in [2.24, 2.45) is 11.5 Å². The van der Waals surface area contributed by atoms with Crippen LogP contribution in [0.4, 0.5) is 0 Å². The Hall–Kier alpha value is -2.42. The average Bonchev–Trinajstić information content (AvgIpc) is 2.65. The first kappa shape index (κ1) is 16.4. The van der Waals surface area contributed by atoms with Gasteiger partial charge in [-0.2, -0.15) is 0 Å². The standard InChI is InChI=1S/C22H24N2/c23-17-16-21(24)22(18-10-4-1-5-11-18,19-12-6-2-7-13-19)20-14-8-3-9-15-20/h1-15,21H,16-17,23-24H2. The maximum atomic E-state index is 6.78. The molecule has 3 aromatic carbocycles.